The van der Waals surface area contributed by atoms with Gasteiger partial charge in [-0.15, -0.1) is 0 Å². The molecule has 156 valence electrons. The van der Waals surface area contributed by atoms with Crippen molar-refractivity contribution in [3.8, 4) is 11.5 Å². The standard InChI is InChI=1S/C22H26N6O2/c1-27(24)22(23)21-12-25-19-7-6-15(10-20(19)26-21)28(13-14-4-5-14)16-8-17(29-2)11-18(9-16)30-3/h6-12,14,23H,4-5,13,24H2,1-3H3. The number of amidine groups is 1. The summed E-state index contributed by atoms with van der Waals surface area (Å²) >= 11 is 0. The van der Waals surface area contributed by atoms with Gasteiger partial charge in [-0.25, -0.2) is 10.8 Å². The quantitative estimate of drug-likeness (QED) is 0.269. The predicted molar refractivity (Wildman–Crippen MR) is 118 cm³/mol. The van der Waals surface area contributed by atoms with Crippen molar-refractivity contribution in [3.05, 3.63) is 48.3 Å². The molecule has 0 unspecified atom stereocenters. The predicted octanol–water partition coefficient (Wildman–Crippen LogP) is 3.33. The summed E-state index contributed by atoms with van der Waals surface area (Å²) in [4.78, 5) is 11.3. The molecule has 8 nitrogen and oxygen atoms in total. The molecular weight excluding hydrogens is 380 g/mol. The van der Waals surface area contributed by atoms with Crippen LogP contribution in [0.1, 0.15) is 18.5 Å². The number of anilines is 2. The number of aromatic nitrogens is 2. The van der Waals surface area contributed by atoms with E-state index in [1.54, 1.807) is 27.5 Å². The summed E-state index contributed by atoms with van der Waals surface area (Å²) in [6, 6.07) is 11.9. The van der Waals surface area contributed by atoms with Crippen molar-refractivity contribution in [2.45, 2.75) is 12.8 Å². The summed E-state index contributed by atoms with van der Waals surface area (Å²) in [7, 11) is 4.92. The van der Waals surface area contributed by atoms with E-state index in [2.05, 4.69) is 14.9 Å². The minimum atomic E-state index is 0.113. The maximum absolute atomic E-state index is 8.08. The number of hydrazine groups is 1. The zero-order valence-electron chi connectivity index (χ0n) is 17.4. The smallest absolute Gasteiger partial charge is 0.162 e. The summed E-state index contributed by atoms with van der Waals surface area (Å²) in [5.41, 5.74) is 3.91. The fourth-order valence-electron chi connectivity index (χ4n) is 3.33. The third-order valence-electron chi connectivity index (χ3n) is 5.22. The Balaban J connectivity index is 1.78. The monoisotopic (exact) mass is 406 g/mol. The number of ether oxygens (including phenoxy) is 2. The first-order valence-electron chi connectivity index (χ1n) is 9.83. The second-order valence-electron chi connectivity index (χ2n) is 7.51. The van der Waals surface area contributed by atoms with Crippen LogP contribution in [-0.2, 0) is 0 Å². The Kier molecular flexibility index (Phi) is 5.41. The lowest BCUT2D eigenvalue weighted by Crippen LogP contribution is -2.33. The van der Waals surface area contributed by atoms with Crippen LogP contribution in [0.5, 0.6) is 11.5 Å². The Labute approximate surface area is 175 Å². The maximum Gasteiger partial charge on any atom is 0.162 e. The number of hydrogen-bond donors (Lipinski definition) is 2. The number of fused-ring (bicyclic) bond motifs is 1. The number of methoxy groups -OCH3 is 2. The second kappa shape index (κ2) is 8.16. The highest BCUT2D eigenvalue weighted by atomic mass is 16.5. The molecule has 2 aromatic carbocycles. The van der Waals surface area contributed by atoms with Crippen molar-refractivity contribution in [1.29, 1.82) is 5.41 Å². The van der Waals surface area contributed by atoms with Crippen LogP contribution in [0.25, 0.3) is 11.0 Å². The van der Waals surface area contributed by atoms with Gasteiger partial charge < -0.3 is 14.4 Å². The van der Waals surface area contributed by atoms with E-state index < -0.39 is 0 Å². The molecule has 0 amide bonds. The minimum Gasteiger partial charge on any atom is -0.497 e. The van der Waals surface area contributed by atoms with E-state index in [9.17, 15) is 0 Å². The molecule has 0 aliphatic heterocycles. The highest BCUT2D eigenvalue weighted by Crippen LogP contribution is 2.38. The van der Waals surface area contributed by atoms with Gasteiger partial charge in [0.1, 0.15) is 17.2 Å². The lowest BCUT2D eigenvalue weighted by atomic mass is 10.2. The molecule has 3 aromatic rings. The Morgan fingerprint density at radius 3 is 2.37 bits per heavy atom. The zero-order valence-corrected chi connectivity index (χ0v) is 17.4. The Morgan fingerprint density at radius 2 is 1.77 bits per heavy atom. The molecule has 8 heteroatoms. The highest BCUT2D eigenvalue weighted by molar-refractivity contribution is 5.95. The van der Waals surface area contributed by atoms with Gasteiger partial charge in [-0.2, -0.15) is 0 Å². The summed E-state index contributed by atoms with van der Waals surface area (Å²) < 4.78 is 10.9. The van der Waals surface area contributed by atoms with Crippen molar-refractivity contribution >= 4 is 28.2 Å². The van der Waals surface area contributed by atoms with Crippen molar-refractivity contribution in [2.24, 2.45) is 11.8 Å². The van der Waals surface area contributed by atoms with Gasteiger partial charge in [0.2, 0.25) is 0 Å². The van der Waals surface area contributed by atoms with Gasteiger partial charge in [0.25, 0.3) is 0 Å². The van der Waals surface area contributed by atoms with Gasteiger partial charge in [0.05, 0.1) is 31.4 Å². The summed E-state index contributed by atoms with van der Waals surface area (Å²) in [6.45, 7) is 0.899. The third kappa shape index (κ3) is 4.13. The van der Waals surface area contributed by atoms with Gasteiger partial charge in [-0.05, 0) is 37.0 Å². The van der Waals surface area contributed by atoms with Gasteiger partial charge in [0, 0.05) is 43.2 Å². The number of hydrogen-bond acceptors (Lipinski definition) is 7. The van der Waals surface area contributed by atoms with E-state index in [4.69, 9.17) is 20.7 Å². The van der Waals surface area contributed by atoms with E-state index in [0.717, 1.165) is 34.9 Å². The molecule has 0 radical (unpaired) electrons. The first kappa shape index (κ1) is 19.9. The van der Waals surface area contributed by atoms with Crippen molar-refractivity contribution in [2.75, 3.05) is 32.7 Å². The maximum atomic E-state index is 8.08. The molecule has 0 bridgehead atoms. The average Bonchev–Trinajstić information content (AvgIpc) is 3.60. The number of nitrogens with two attached hydrogens (primary N) is 1. The average molecular weight is 406 g/mol. The van der Waals surface area contributed by atoms with Crippen LogP contribution in [-0.4, -0.2) is 48.6 Å². The van der Waals surface area contributed by atoms with Crippen LogP contribution in [0, 0.1) is 11.3 Å². The Hall–Kier alpha value is -3.39. The lowest BCUT2D eigenvalue weighted by Gasteiger charge is -2.26. The molecule has 1 aliphatic carbocycles. The first-order valence-corrected chi connectivity index (χ1v) is 9.83. The van der Waals surface area contributed by atoms with Crippen molar-refractivity contribution in [3.63, 3.8) is 0 Å². The van der Waals surface area contributed by atoms with E-state index in [0.29, 0.717) is 17.1 Å². The highest BCUT2D eigenvalue weighted by Gasteiger charge is 2.26. The van der Waals surface area contributed by atoms with Crippen LogP contribution < -0.4 is 20.2 Å². The van der Waals surface area contributed by atoms with Crippen molar-refractivity contribution in [1.82, 2.24) is 15.0 Å². The molecule has 1 saturated carbocycles. The van der Waals surface area contributed by atoms with E-state index in [-0.39, 0.29) is 5.84 Å². The first-order chi connectivity index (χ1) is 14.5. The van der Waals surface area contributed by atoms with Crippen LogP contribution >= 0.6 is 0 Å². The molecule has 4 rings (SSSR count). The molecule has 1 fully saturated rings. The zero-order chi connectivity index (χ0) is 21.3. The minimum absolute atomic E-state index is 0.113. The second-order valence-corrected chi connectivity index (χ2v) is 7.51. The van der Waals surface area contributed by atoms with Crippen molar-refractivity contribution < 1.29 is 9.47 Å². The normalized spacial score (nSPS) is 13.2. The molecular formula is C22H26N6O2. The molecule has 30 heavy (non-hydrogen) atoms. The van der Waals surface area contributed by atoms with E-state index >= 15 is 0 Å². The molecule has 1 aliphatic rings. The molecule has 1 aromatic heterocycles. The molecule has 1 heterocycles. The number of nitrogens with zero attached hydrogens (tertiary/aromatic N) is 4. The van der Waals surface area contributed by atoms with Gasteiger partial charge in [-0.1, -0.05) is 0 Å². The summed E-state index contributed by atoms with van der Waals surface area (Å²) in [5.74, 6) is 7.95. The summed E-state index contributed by atoms with van der Waals surface area (Å²) in [6.07, 6.45) is 4.03. The largest absolute Gasteiger partial charge is 0.497 e. The van der Waals surface area contributed by atoms with Crippen LogP contribution in [0.15, 0.2) is 42.6 Å². The van der Waals surface area contributed by atoms with Crippen LogP contribution in [0.3, 0.4) is 0 Å². The SMILES string of the molecule is COc1cc(OC)cc(N(CC2CC2)c2ccc3ncc(C(=N)N(C)N)nc3c2)c1. The fraction of sp³-hybridized carbons (Fsp3) is 0.318. The molecule has 0 spiro atoms. The fourth-order valence-corrected chi connectivity index (χ4v) is 3.33. The number of nitrogens with one attached hydrogen (secondary N) is 1. The van der Waals surface area contributed by atoms with Crippen LogP contribution in [0.2, 0.25) is 0 Å². The topological polar surface area (TPSA) is 101 Å². The van der Waals surface area contributed by atoms with Gasteiger partial charge >= 0.3 is 0 Å². The molecule has 3 N–H and O–H groups in total. The van der Waals surface area contributed by atoms with Gasteiger partial charge in [0.15, 0.2) is 5.84 Å². The van der Waals surface area contributed by atoms with Crippen LogP contribution in [0.4, 0.5) is 11.4 Å². The molecule has 0 saturated heterocycles. The van der Waals surface area contributed by atoms with Gasteiger partial charge in [-0.3, -0.25) is 15.4 Å². The third-order valence-corrected chi connectivity index (χ3v) is 5.22. The number of rotatable bonds is 7. The number of benzene rings is 2. The van der Waals surface area contributed by atoms with E-state index in [1.165, 1.54) is 17.9 Å². The lowest BCUT2D eigenvalue weighted by molar-refractivity contribution is 0.394. The van der Waals surface area contributed by atoms with E-state index in [1.807, 2.05) is 36.4 Å². The summed E-state index contributed by atoms with van der Waals surface area (Å²) in [5, 5.41) is 9.31. The molecule has 0 atom stereocenters. The Morgan fingerprint density at radius 1 is 1.07 bits per heavy atom. The Bertz CT molecular complexity index is 1060.